The molecule has 0 bridgehead atoms. The molecule has 14 heavy (non-hydrogen) atoms. The average molecular weight is 260 g/mol. The van der Waals surface area contributed by atoms with Crippen LogP contribution >= 0.6 is 15.9 Å². The molecule has 0 heterocycles. The van der Waals surface area contributed by atoms with E-state index < -0.39 is 0 Å². The van der Waals surface area contributed by atoms with E-state index in [1.807, 2.05) is 13.0 Å². The predicted molar refractivity (Wildman–Crippen MR) is 61.5 cm³/mol. The lowest BCUT2D eigenvalue weighted by Crippen LogP contribution is -2.02. The monoisotopic (exact) mass is 259 g/mol. The van der Waals surface area contributed by atoms with E-state index in [1.165, 1.54) is 0 Å². The van der Waals surface area contributed by atoms with Gasteiger partial charge in [0.1, 0.15) is 0 Å². The number of rotatable bonds is 6. The fourth-order valence-electron chi connectivity index (χ4n) is 0.985. The van der Waals surface area contributed by atoms with Gasteiger partial charge in [0.15, 0.2) is 11.5 Å². The van der Waals surface area contributed by atoms with Gasteiger partial charge >= 0.3 is 0 Å². The number of halogens is 1. The molecule has 0 radical (unpaired) electrons. The highest BCUT2D eigenvalue weighted by Gasteiger charge is 2.02. The summed E-state index contributed by atoms with van der Waals surface area (Å²) in [6.45, 7) is 3.23. The number of ether oxygens (including phenoxy) is 2. The van der Waals surface area contributed by atoms with E-state index in [0.717, 1.165) is 11.8 Å². The van der Waals surface area contributed by atoms with Crippen molar-refractivity contribution in [1.29, 1.82) is 0 Å². The van der Waals surface area contributed by atoms with Crippen LogP contribution in [0.3, 0.4) is 0 Å². The Morgan fingerprint density at radius 1 is 1.29 bits per heavy atom. The Labute approximate surface area is 94.8 Å². The molecule has 0 saturated heterocycles. The number of hydrogen-bond acceptors (Lipinski definition) is 2. The van der Waals surface area contributed by atoms with Crippen molar-refractivity contribution in [1.82, 2.24) is 0 Å². The Hall–Kier alpha value is -0.700. The van der Waals surface area contributed by atoms with Crippen LogP contribution in [0.2, 0.25) is 0 Å². The van der Waals surface area contributed by atoms with Crippen LogP contribution in [0.25, 0.3) is 0 Å². The van der Waals surface area contributed by atoms with Gasteiger partial charge in [-0.1, -0.05) is 35.0 Å². The van der Waals surface area contributed by atoms with Gasteiger partial charge in [0.25, 0.3) is 0 Å². The highest BCUT2D eigenvalue weighted by Crippen LogP contribution is 2.26. The summed E-state index contributed by atoms with van der Waals surface area (Å²) in [6.07, 6.45) is 0.945. The summed E-state index contributed by atoms with van der Waals surface area (Å²) < 4.78 is 18.7. The third-order valence-electron chi connectivity index (χ3n) is 1.57. The predicted octanol–water partition coefficient (Wildman–Crippen LogP) is 3.25. The molecule has 0 unspecified atom stereocenters. The van der Waals surface area contributed by atoms with Crippen LogP contribution in [-0.2, 0) is 0 Å². The molecule has 78 valence electrons. The molecule has 0 aromatic heterocycles. The maximum absolute atomic E-state index is 7.71. The molecule has 0 atom stereocenters. The maximum Gasteiger partial charge on any atom is 0.161 e. The molecular weight excluding hydrogens is 244 g/mol. The SMILES string of the molecule is [2H]c1cccc(OCCC)c1OCCBr. The zero-order chi connectivity index (χ0) is 11.1. The first-order chi connectivity index (χ1) is 7.29. The van der Waals surface area contributed by atoms with Gasteiger partial charge in [-0.05, 0) is 18.5 Å². The summed E-state index contributed by atoms with van der Waals surface area (Å²) in [4.78, 5) is 0. The molecule has 0 aliphatic rings. The van der Waals surface area contributed by atoms with Crippen molar-refractivity contribution in [2.45, 2.75) is 13.3 Å². The van der Waals surface area contributed by atoms with Gasteiger partial charge in [-0.3, -0.25) is 0 Å². The van der Waals surface area contributed by atoms with Crippen molar-refractivity contribution in [2.24, 2.45) is 0 Å². The minimum Gasteiger partial charge on any atom is -0.490 e. The molecule has 0 aliphatic heterocycles. The van der Waals surface area contributed by atoms with E-state index in [4.69, 9.17) is 10.8 Å². The molecule has 0 amide bonds. The molecule has 0 N–H and O–H groups in total. The largest absolute Gasteiger partial charge is 0.490 e. The molecule has 0 saturated carbocycles. The van der Waals surface area contributed by atoms with Gasteiger partial charge in [0.05, 0.1) is 14.6 Å². The van der Waals surface area contributed by atoms with Crippen LogP contribution in [-0.4, -0.2) is 18.5 Å². The second kappa shape index (κ2) is 6.71. The first kappa shape index (κ1) is 9.84. The lowest BCUT2D eigenvalue weighted by molar-refractivity contribution is 0.278. The first-order valence-electron chi connectivity index (χ1n) is 5.20. The second-order valence-corrected chi connectivity index (χ2v) is 3.54. The summed E-state index contributed by atoms with van der Waals surface area (Å²) in [7, 11) is 0. The third kappa shape index (κ3) is 3.58. The lowest BCUT2D eigenvalue weighted by atomic mass is 10.3. The van der Waals surface area contributed by atoms with E-state index in [0.29, 0.717) is 30.8 Å². The van der Waals surface area contributed by atoms with Crippen LogP contribution < -0.4 is 9.47 Å². The topological polar surface area (TPSA) is 18.5 Å². The number of hydrogen-bond donors (Lipinski definition) is 0. The molecule has 1 rings (SSSR count). The smallest absolute Gasteiger partial charge is 0.161 e. The van der Waals surface area contributed by atoms with Crippen molar-refractivity contribution >= 4 is 15.9 Å². The molecule has 0 fully saturated rings. The zero-order valence-corrected chi connectivity index (χ0v) is 9.84. The van der Waals surface area contributed by atoms with Gasteiger partial charge in [-0.25, -0.2) is 0 Å². The van der Waals surface area contributed by atoms with Crippen LogP contribution in [0.4, 0.5) is 0 Å². The molecule has 1 aromatic rings. The van der Waals surface area contributed by atoms with Crippen LogP contribution in [0, 0.1) is 0 Å². The van der Waals surface area contributed by atoms with E-state index in [1.54, 1.807) is 12.1 Å². The van der Waals surface area contributed by atoms with Gasteiger partial charge in [0.2, 0.25) is 0 Å². The quantitative estimate of drug-likeness (QED) is 0.731. The van der Waals surface area contributed by atoms with Crippen molar-refractivity contribution in [3.05, 3.63) is 24.2 Å². The van der Waals surface area contributed by atoms with Crippen molar-refractivity contribution in [3.8, 4) is 11.5 Å². The van der Waals surface area contributed by atoms with Gasteiger partial charge < -0.3 is 9.47 Å². The Kier molecular flexibility index (Phi) is 4.72. The van der Waals surface area contributed by atoms with Crippen molar-refractivity contribution in [2.75, 3.05) is 18.5 Å². The number of benzene rings is 1. The summed E-state index contributed by atoms with van der Waals surface area (Å²) in [5.41, 5.74) is 0. The van der Waals surface area contributed by atoms with E-state index in [9.17, 15) is 0 Å². The zero-order valence-electron chi connectivity index (χ0n) is 9.25. The highest BCUT2D eigenvalue weighted by molar-refractivity contribution is 9.09. The fourth-order valence-corrected chi connectivity index (χ4v) is 1.15. The fraction of sp³-hybridized carbons (Fsp3) is 0.455. The second-order valence-electron chi connectivity index (χ2n) is 2.75. The van der Waals surface area contributed by atoms with E-state index in [2.05, 4.69) is 15.9 Å². The number of para-hydroxylation sites is 2. The summed E-state index contributed by atoms with van der Waals surface area (Å²) >= 11 is 3.28. The van der Waals surface area contributed by atoms with Crippen LogP contribution in [0.15, 0.2) is 24.2 Å². The summed E-state index contributed by atoms with van der Waals surface area (Å²) in [6, 6.07) is 5.69. The minimum absolute atomic E-state index is 0.365. The lowest BCUT2D eigenvalue weighted by Gasteiger charge is -2.10. The van der Waals surface area contributed by atoms with Gasteiger partial charge in [0, 0.05) is 5.33 Å². The van der Waals surface area contributed by atoms with E-state index >= 15 is 0 Å². The van der Waals surface area contributed by atoms with Crippen molar-refractivity contribution in [3.63, 3.8) is 0 Å². The summed E-state index contributed by atoms with van der Waals surface area (Å²) in [5.74, 6) is 1.19. The van der Waals surface area contributed by atoms with E-state index in [-0.39, 0.29) is 0 Å². The van der Waals surface area contributed by atoms with Crippen LogP contribution in [0.5, 0.6) is 11.5 Å². The maximum atomic E-state index is 7.71. The molecule has 0 aliphatic carbocycles. The van der Waals surface area contributed by atoms with Crippen molar-refractivity contribution < 1.29 is 10.8 Å². The summed E-state index contributed by atoms with van der Waals surface area (Å²) in [5, 5.41) is 0.745. The van der Waals surface area contributed by atoms with Gasteiger partial charge in [-0.15, -0.1) is 0 Å². The Morgan fingerprint density at radius 2 is 2.07 bits per heavy atom. The minimum atomic E-state index is 0.365. The third-order valence-corrected chi connectivity index (χ3v) is 1.89. The standard InChI is InChI=1S/C11H15BrO2/c1-2-8-13-10-5-3-4-6-11(10)14-9-7-12/h3-6H,2,7-9H2,1H3/i6D. The first-order valence-corrected chi connectivity index (χ1v) is 5.83. The molecule has 2 nitrogen and oxygen atoms in total. The molecule has 1 aromatic carbocycles. The molecular formula is C11H15BrO2. The Bertz CT molecular complexity index is 305. The Balaban J connectivity index is 2.77. The normalized spacial score (nSPS) is 10.9. The van der Waals surface area contributed by atoms with Crippen LogP contribution in [0.1, 0.15) is 14.7 Å². The molecule has 0 spiro atoms. The highest BCUT2D eigenvalue weighted by atomic mass is 79.9. The van der Waals surface area contributed by atoms with Gasteiger partial charge in [-0.2, -0.15) is 0 Å². The Morgan fingerprint density at radius 3 is 2.79 bits per heavy atom. The number of alkyl halides is 1. The molecule has 3 heteroatoms. The average Bonchev–Trinajstić information content (AvgIpc) is 2.25.